The zero-order valence-electron chi connectivity index (χ0n) is 12.7. The first-order valence-electron chi connectivity index (χ1n) is 7.21. The van der Waals surface area contributed by atoms with Gasteiger partial charge in [-0.25, -0.2) is 0 Å². The molecule has 0 saturated carbocycles. The van der Waals surface area contributed by atoms with E-state index in [1.54, 1.807) is 20.3 Å². The molecule has 4 rings (SSSR count). The maximum absolute atomic E-state index is 5.67. The molecule has 2 heterocycles. The fourth-order valence-electron chi connectivity index (χ4n) is 2.59. The molecule has 0 atom stereocenters. The summed E-state index contributed by atoms with van der Waals surface area (Å²) in [5.41, 5.74) is 3.70. The first-order chi connectivity index (χ1) is 11.2. The summed E-state index contributed by atoms with van der Waals surface area (Å²) in [5.74, 6) is 1.85. The SMILES string of the molecule is COc1cccc(-c2coc3ccc(-c4nnc(C)o4)cc23)c1. The highest BCUT2D eigenvalue weighted by atomic mass is 16.5. The van der Waals surface area contributed by atoms with Gasteiger partial charge in [0.25, 0.3) is 0 Å². The van der Waals surface area contributed by atoms with Crippen molar-refractivity contribution in [1.82, 2.24) is 10.2 Å². The summed E-state index contributed by atoms with van der Waals surface area (Å²) in [7, 11) is 1.66. The van der Waals surface area contributed by atoms with Crippen molar-refractivity contribution in [3.63, 3.8) is 0 Å². The zero-order chi connectivity index (χ0) is 15.8. The van der Waals surface area contributed by atoms with E-state index in [1.165, 1.54) is 0 Å². The van der Waals surface area contributed by atoms with Crippen molar-refractivity contribution in [2.45, 2.75) is 6.92 Å². The van der Waals surface area contributed by atoms with Crippen LogP contribution in [0.1, 0.15) is 5.89 Å². The molecule has 4 aromatic rings. The van der Waals surface area contributed by atoms with Gasteiger partial charge in [0.1, 0.15) is 11.3 Å². The molecule has 0 bridgehead atoms. The van der Waals surface area contributed by atoms with Crippen LogP contribution >= 0.6 is 0 Å². The van der Waals surface area contributed by atoms with Crippen LogP contribution in [0.25, 0.3) is 33.6 Å². The van der Waals surface area contributed by atoms with Gasteiger partial charge in [-0.1, -0.05) is 12.1 Å². The number of ether oxygens (including phenoxy) is 1. The van der Waals surface area contributed by atoms with E-state index in [0.717, 1.165) is 33.4 Å². The van der Waals surface area contributed by atoms with E-state index in [-0.39, 0.29) is 0 Å². The molecule has 114 valence electrons. The number of benzene rings is 2. The van der Waals surface area contributed by atoms with Crippen LogP contribution in [0, 0.1) is 6.92 Å². The number of nitrogens with zero attached hydrogens (tertiary/aromatic N) is 2. The summed E-state index contributed by atoms with van der Waals surface area (Å²) in [6, 6.07) is 13.7. The lowest BCUT2D eigenvalue weighted by atomic mass is 10.0. The van der Waals surface area contributed by atoms with Crippen LogP contribution in [-0.4, -0.2) is 17.3 Å². The summed E-state index contributed by atoms with van der Waals surface area (Å²) in [6.45, 7) is 1.77. The smallest absolute Gasteiger partial charge is 0.247 e. The van der Waals surface area contributed by atoms with Gasteiger partial charge in [0.05, 0.1) is 13.4 Å². The van der Waals surface area contributed by atoms with Gasteiger partial charge in [0.15, 0.2) is 0 Å². The number of methoxy groups -OCH3 is 1. The number of fused-ring (bicyclic) bond motifs is 1. The van der Waals surface area contributed by atoms with Crippen molar-refractivity contribution in [3.8, 4) is 28.3 Å². The van der Waals surface area contributed by atoms with E-state index < -0.39 is 0 Å². The maximum atomic E-state index is 5.67. The minimum Gasteiger partial charge on any atom is -0.497 e. The lowest BCUT2D eigenvalue weighted by Gasteiger charge is -2.03. The number of furan rings is 1. The molecule has 0 unspecified atom stereocenters. The number of rotatable bonds is 3. The maximum Gasteiger partial charge on any atom is 0.247 e. The largest absolute Gasteiger partial charge is 0.497 e. The molecule has 0 saturated heterocycles. The molecule has 5 nitrogen and oxygen atoms in total. The predicted molar refractivity (Wildman–Crippen MR) is 86.2 cm³/mol. The Bertz CT molecular complexity index is 985. The van der Waals surface area contributed by atoms with Crippen molar-refractivity contribution in [2.75, 3.05) is 7.11 Å². The Kier molecular flexibility index (Phi) is 3.12. The van der Waals surface area contributed by atoms with Crippen molar-refractivity contribution in [2.24, 2.45) is 0 Å². The monoisotopic (exact) mass is 306 g/mol. The summed E-state index contributed by atoms with van der Waals surface area (Å²) in [4.78, 5) is 0. The Morgan fingerprint density at radius 1 is 1.00 bits per heavy atom. The molecular weight excluding hydrogens is 292 g/mol. The van der Waals surface area contributed by atoms with Crippen LogP contribution in [0.15, 0.2) is 57.6 Å². The highest BCUT2D eigenvalue weighted by Gasteiger charge is 2.12. The van der Waals surface area contributed by atoms with Gasteiger partial charge in [-0.05, 0) is 35.9 Å². The van der Waals surface area contributed by atoms with Crippen LogP contribution in [0.4, 0.5) is 0 Å². The molecule has 0 spiro atoms. The molecule has 0 aliphatic rings. The molecule has 0 N–H and O–H groups in total. The van der Waals surface area contributed by atoms with Crippen LogP contribution in [0.5, 0.6) is 5.75 Å². The van der Waals surface area contributed by atoms with Gasteiger partial charge >= 0.3 is 0 Å². The van der Waals surface area contributed by atoms with Crippen molar-refractivity contribution in [3.05, 3.63) is 54.6 Å². The summed E-state index contributed by atoms with van der Waals surface area (Å²) in [6.07, 6.45) is 1.75. The second-order valence-corrected chi connectivity index (χ2v) is 5.22. The standard InChI is InChI=1S/C18H14N2O3/c1-11-19-20-18(23-11)13-6-7-17-15(9-13)16(10-22-17)12-4-3-5-14(8-12)21-2/h3-10H,1-2H3. The number of hydrogen-bond acceptors (Lipinski definition) is 5. The Labute approximate surface area is 132 Å². The minimum atomic E-state index is 0.502. The molecule has 0 amide bonds. The molecule has 5 heteroatoms. The Morgan fingerprint density at radius 3 is 2.70 bits per heavy atom. The van der Waals surface area contributed by atoms with E-state index in [4.69, 9.17) is 13.6 Å². The highest BCUT2D eigenvalue weighted by Crippen LogP contribution is 2.34. The zero-order valence-corrected chi connectivity index (χ0v) is 12.7. The molecule has 0 fully saturated rings. The van der Waals surface area contributed by atoms with Crippen LogP contribution in [0.3, 0.4) is 0 Å². The second kappa shape index (κ2) is 5.28. The fraction of sp³-hybridized carbons (Fsp3) is 0.111. The normalized spacial score (nSPS) is 11.0. The van der Waals surface area contributed by atoms with Crippen LogP contribution in [-0.2, 0) is 0 Å². The third-order valence-corrected chi connectivity index (χ3v) is 3.73. The summed E-state index contributed by atoms with van der Waals surface area (Å²) in [5, 5.41) is 8.94. The van der Waals surface area contributed by atoms with Crippen LogP contribution in [0.2, 0.25) is 0 Å². The molecule has 0 radical (unpaired) electrons. The van der Waals surface area contributed by atoms with Crippen molar-refractivity contribution >= 4 is 11.0 Å². The first kappa shape index (κ1) is 13.6. The molecule has 2 aromatic carbocycles. The third-order valence-electron chi connectivity index (χ3n) is 3.73. The van der Waals surface area contributed by atoms with Crippen molar-refractivity contribution in [1.29, 1.82) is 0 Å². The Hall–Kier alpha value is -3.08. The quantitative estimate of drug-likeness (QED) is 0.559. The van der Waals surface area contributed by atoms with Gasteiger partial charge in [-0.3, -0.25) is 0 Å². The summed E-state index contributed by atoms with van der Waals surface area (Å²) >= 11 is 0. The lowest BCUT2D eigenvalue weighted by molar-refractivity contribution is 0.415. The van der Waals surface area contributed by atoms with Crippen molar-refractivity contribution < 1.29 is 13.6 Å². The topological polar surface area (TPSA) is 61.3 Å². The van der Waals surface area contributed by atoms with Gasteiger partial charge < -0.3 is 13.6 Å². The lowest BCUT2D eigenvalue weighted by Crippen LogP contribution is -1.83. The molecule has 0 aliphatic heterocycles. The Balaban J connectivity index is 1.87. The van der Waals surface area contributed by atoms with Crippen LogP contribution < -0.4 is 4.74 Å². The van der Waals surface area contributed by atoms with E-state index in [9.17, 15) is 0 Å². The Morgan fingerprint density at radius 2 is 1.91 bits per heavy atom. The van der Waals surface area contributed by atoms with E-state index in [1.807, 2.05) is 42.5 Å². The van der Waals surface area contributed by atoms with E-state index in [2.05, 4.69) is 10.2 Å². The third kappa shape index (κ3) is 2.36. The number of aryl methyl sites for hydroxylation is 1. The second-order valence-electron chi connectivity index (χ2n) is 5.22. The molecular formula is C18H14N2O3. The molecule has 2 aromatic heterocycles. The molecule has 23 heavy (non-hydrogen) atoms. The fourth-order valence-corrected chi connectivity index (χ4v) is 2.59. The molecule has 0 aliphatic carbocycles. The van der Waals surface area contributed by atoms with E-state index in [0.29, 0.717) is 11.8 Å². The van der Waals surface area contributed by atoms with E-state index >= 15 is 0 Å². The predicted octanol–water partition coefficient (Wildman–Crippen LogP) is 4.47. The first-order valence-corrected chi connectivity index (χ1v) is 7.21. The minimum absolute atomic E-state index is 0.502. The van der Waals surface area contributed by atoms with Gasteiger partial charge in [0.2, 0.25) is 11.8 Å². The van der Waals surface area contributed by atoms with Gasteiger partial charge in [-0.2, -0.15) is 0 Å². The van der Waals surface area contributed by atoms with Gasteiger partial charge in [0, 0.05) is 23.4 Å². The summed E-state index contributed by atoms with van der Waals surface area (Å²) < 4.78 is 16.5. The van der Waals surface area contributed by atoms with Gasteiger partial charge in [-0.15, -0.1) is 10.2 Å². The number of aromatic nitrogens is 2. The number of hydrogen-bond donors (Lipinski definition) is 0. The highest BCUT2D eigenvalue weighted by molar-refractivity contribution is 5.96. The average molecular weight is 306 g/mol. The average Bonchev–Trinajstić information content (AvgIpc) is 3.20.